The summed E-state index contributed by atoms with van der Waals surface area (Å²) in [7, 11) is 0. The molecule has 0 bridgehead atoms. The Kier molecular flexibility index (Phi) is 6.77. The normalized spacial score (nSPS) is 23.4. The average molecular weight is 416 g/mol. The number of hydrogen-bond acceptors (Lipinski definition) is 5. The van der Waals surface area contributed by atoms with Crippen LogP contribution in [-0.4, -0.2) is 48.7 Å². The zero-order valence-corrected chi connectivity index (χ0v) is 17.8. The predicted octanol–water partition coefficient (Wildman–Crippen LogP) is 3.53. The van der Waals surface area contributed by atoms with Gasteiger partial charge in [-0.1, -0.05) is 25.3 Å². The number of benzene rings is 1. The highest BCUT2D eigenvalue weighted by Crippen LogP contribution is 2.38. The standard InChI is InChI=1S/C23H33N3O4/c1-16(22(27)25-23(28)24-18-7-3-2-4-8-18)26-12-5-9-19(26)17-10-11-20-21(15-17)30-14-6-13-29-20/h10-11,15-16,18-19H,2-9,12-14H2,1H3,(H2,24,25,27,28)/t16-,19-/m1/s1. The second-order valence-corrected chi connectivity index (χ2v) is 8.63. The summed E-state index contributed by atoms with van der Waals surface area (Å²) in [6.07, 6.45) is 8.37. The molecule has 30 heavy (non-hydrogen) atoms. The third-order valence-corrected chi connectivity index (χ3v) is 6.50. The van der Waals surface area contributed by atoms with E-state index in [0.717, 1.165) is 68.6 Å². The number of nitrogens with zero attached hydrogens (tertiary/aromatic N) is 1. The molecule has 2 heterocycles. The van der Waals surface area contributed by atoms with Crippen LogP contribution in [0.25, 0.3) is 0 Å². The largest absolute Gasteiger partial charge is 0.490 e. The van der Waals surface area contributed by atoms with E-state index in [1.807, 2.05) is 19.1 Å². The summed E-state index contributed by atoms with van der Waals surface area (Å²) in [6, 6.07) is 5.64. The first kappa shape index (κ1) is 21.0. The topological polar surface area (TPSA) is 79.9 Å². The van der Waals surface area contributed by atoms with Crippen LogP contribution in [0.2, 0.25) is 0 Å². The summed E-state index contributed by atoms with van der Waals surface area (Å²) in [5, 5.41) is 5.52. The molecule has 2 atom stereocenters. The number of ether oxygens (including phenoxy) is 2. The molecule has 164 valence electrons. The smallest absolute Gasteiger partial charge is 0.321 e. The van der Waals surface area contributed by atoms with Gasteiger partial charge in [-0.15, -0.1) is 0 Å². The zero-order chi connectivity index (χ0) is 20.9. The number of fused-ring (bicyclic) bond motifs is 1. The summed E-state index contributed by atoms with van der Waals surface area (Å²) in [5.41, 5.74) is 1.13. The van der Waals surface area contributed by atoms with Gasteiger partial charge >= 0.3 is 6.03 Å². The average Bonchev–Trinajstić information content (AvgIpc) is 3.12. The van der Waals surface area contributed by atoms with Crippen molar-refractivity contribution in [3.8, 4) is 11.5 Å². The number of hydrogen-bond donors (Lipinski definition) is 2. The molecule has 3 aliphatic rings. The summed E-state index contributed by atoms with van der Waals surface area (Å²) >= 11 is 0. The molecular formula is C23H33N3O4. The van der Waals surface area contributed by atoms with Gasteiger partial charge in [0.15, 0.2) is 11.5 Å². The minimum absolute atomic E-state index is 0.129. The van der Waals surface area contributed by atoms with Gasteiger partial charge in [0.1, 0.15) is 0 Å². The SMILES string of the molecule is C[C@H](C(=O)NC(=O)NC1CCCCC1)N1CCC[C@@H]1c1ccc2c(c1)OCCCO2. The molecule has 0 radical (unpaired) electrons. The van der Waals surface area contributed by atoms with Crippen molar-refractivity contribution in [2.24, 2.45) is 0 Å². The van der Waals surface area contributed by atoms with Crippen molar-refractivity contribution in [2.45, 2.75) is 76.4 Å². The number of urea groups is 1. The molecule has 2 N–H and O–H groups in total. The Morgan fingerprint density at radius 2 is 1.77 bits per heavy atom. The highest BCUT2D eigenvalue weighted by Gasteiger charge is 2.34. The Labute approximate surface area is 178 Å². The van der Waals surface area contributed by atoms with Crippen LogP contribution in [0, 0.1) is 0 Å². The van der Waals surface area contributed by atoms with E-state index < -0.39 is 0 Å². The van der Waals surface area contributed by atoms with Crippen molar-refractivity contribution in [3.63, 3.8) is 0 Å². The highest BCUT2D eigenvalue weighted by molar-refractivity contribution is 5.96. The highest BCUT2D eigenvalue weighted by atomic mass is 16.5. The molecular weight excluding hydrogens is 382 g/mol. The van der Waals surface area contributed by atoms with E-state index in [1.54, 1.807) is 0 Å². The van der Waals surface area contributed by atoms with Crippen LogP contribution in [0.15, 0.2) is 18.2 Å². The van der Waals surface area contributed by atoms with Gasteiger partial charge in [-0.25, -0.2) is 4.79 Å². The molecule has 2 aliphatic heterocycles. The van der Waals surface area contributed by atoms with Crippen LogP contribution in [0.5, 0.6) is 11.5 Å². The maximum absolute atomic E-state index is 12.8. The number of carbonyl (C=O) groups is 2. The maximum Gasteiger partial charge on any atom is 0.321 e. The fraction of sp³-hybridized carbons (Fsp3) is 0.652. The number of likely N-dealkylation sites (tertiary alicyclic amines) is 1. The zero-order valence-electron chi connectivity index (χ0n) is 17.8. The van der Waals surface area contributed by atoms with Crippen molar-refractivity contribution in [1.82, 2.24) is 15.5 Å². The molecule has 1 aromatic rings. The van der Waals surface area contributed by atoms with Gasteiger partial charge < -0.3 is 14.8 Å². The van der Waals surface area contributed by atoms with Crippen LogP contribution < -0.4 is 20.1 Å². The number of carbonyl (C=O) groups excluding carboxylic acids is 2. The van der Waals surface area contributed by atoms with Crippen LogP contribution in [-0.2, 0) is 4.79 Å². The summed E-state index contributed by atoms with van der Waals surface area (Å²) in [6.45, 7) is 4.03. The number of amides is 3. The van der Waals surface area contributed by atoms with Gasteiger partial charge in [0.05, 0.1) is 19.3 Å². The molecule has 0 unspecified atom stereocenters. The number of rotatable bonds is 4. The first-order valence-corrected chi connectivity index (χ1v) is 11.4. The molecule has 4 rings (SSSR count). The lowest BCUT2D eigenvalue weighted by molar-refractivity contribution is -0.125. The van der Waals surface area contributed by atoms with E-state index >= 15 is 0 Å². The van der Waals surface area contributed by atoms with E-state index in [-0.39, 0.29) is 30.1 Å². The molecule has 1 saturated heterocycles. The molecule has 7 nitrogen and oxygen atoms in total. The minimum Gasteiger partial charge on any atom is -0.490 e. The van der Waals surface area contributed by atoms with Gasteiger partial charge in [-0.3, -0.25) is 15.0 Å². The van der Waals surface area contributed by atoms with Crippen LogP contribution >= 0.6 is 0 Å². The Morgan fingerprint density at radius 3 is 2.57 bits per heavy atom. The van der Waals surface area contributed by atoms with E-state index in [1.165, 1.54) is 6.42 Å². The van der Waals surface area contributed by atoms with Crippen molar-refractivity contribution in [3.05, 3.63) is 23.8 Å². The van der Waals surface area contributed by atoms with Gasteiger partial charge in [0.2, 0.25) is 5.91 Å². The van der Waals surface area contributed by atoms with Crippen molar-refractivity contribution >= 4 is 11.9 Å². The first-order valence-electron chi connectivity index (χ1n) is 11.4. The van der Waals surface area contributed by atoms with Gasteiger partial charge in [0.25, 0.3) is 0 Å². The Bertz CT molecular complexity index is 763. The summed E-state index contributed by atoms with van der Waals surface area (Å²) in [4.78, 5) is 27.3. The molecule has 1 aromatic carbocycles. The van der Waals surface area contributed by atoms with E-state index in [2.05, 4.69) is 21.6 Å². The Morgan fingerprint density at radius 1 is 1.00 bits per heavy atom. The number of nitrogens with one attached hydrogen (secondary N) is 2. The molecule has 3 amide bonds. The molecule has 2 fully saturated rings. The Balaban J connectivity index is 1.38. The van der Waals surface area contributed by atoms with Gasteiger partial charge in [-0.2, -0.15) is 0 Å². The van der Waals surface area contributed by atoms with E-state index in [9.17, 15) is 9.59 Å². The monoisotopic (exact) mass is 415 g/mol. The minimum atomic E-state index is -0.384. The van der Waals surface area contributed by atoms with Crippen molar-refractivity contribution in [1.29, 1.82) is 0 Å². The fourth-order valence-electron chi connectivity index (χ4n) is 4.83. The fourth-order valence-corrected chi connectivity index (χ4v) is 4.83. The second-order valence-electron chi connectivity index (χ2n) is 8.63. The second kappa shape index (κ2) is 9.69. The lowest BCUT2D eigenvalue weighted by atomic mass is 9.96. The third kappa shape index (κ3) is 4.89. The quantitative estimate of drug-likeness (QED) is 0.786. The Hall–Kier alpha value is -2.28. The third-order valence-electron chi connectivity index (χ3n) is 6.50. The van der Waals surface area contributed by atoms with Crippen LogP contribution in [0.4, 0.5) is 4.79 Å². The maximum atomic E-state index is 12.8. The number of imide groups is 1. The van der Waals surface area contributed by atoms with E-state index in [4.69, 9.17) is 9.47 Å². The van der Waals surface area contributed by atoms with Crippen LogP contribution in [0.1, 0.15) is 69.9 Å². The molecule has 0 aromatic heterocycles. The van der Waals surface area contributed by atoms with Gasteiger partial charge in [-0.05, 0) is 56.8 Å². The van der Waals surface area contributed by atoms with Crippen LogP contribution in [0.3, 0.4) is 0 Å². The summed E-state index contributed by atoms with van der Waals surface area (Å²) in [5.74, 6) is 1.32. The molecule has 0 spiro atoms. The lowest BCUT2D eigenvalue weighted by Crippen LogP contribution is -2.51. The van der Waals surface area contributed by atoms with Crippen molar-refractivity contribution < 1.29 is 19.1 Å². The molecule has 1 saturated carbocycles. The van der Waals surface area contributed by atoms with Gasteiger partial charge in [0, 0.05) is 18.5 Å². The molecule has 1 aliphatic carbocycles. The molecule has 7 heteroatoms. The van der Waals surface area contributed by atoms with E-state index in [0.29, 0.717) is 13.2 Å². The lowest BCUT2D eigenvalue weighted by Gasteiger charge is -2.30. The summed E-state index contributed by atoms with van der Waals surface area (Å²) < 4.78 is 11.6. The first-order chi connectivity index (χ1) is 14.6. The van der Waals surface area contributed by atoms with Crippen molar-refractivity contribution in [2.75, 3.05) is 19.8 Å². The predicted molar refractivity (Wildman–Crippen MR) is 114 cm³/mol.